The Kier molecular flexibility index (Phi) is 11.6. The van der Waals surface area contributed by atoms with Crippen molar-refractivity contribution in [3.8, 4) is 0 Å². The molecule has 56 heavy (non-hydrogen) atoms. The molecule has 12 heteroatoms. The van der Waals surface area contributed by atoms with E-state index in [2.05, 4.69) is 32.2 Å². The molecule has 2 saturated carbocycles. The fourth-order valence-electron chi connectivity index (χ4n) is 9.71. The molecule has 306 valence electrons. The molecule has 12 nitrogen and oxygen atoms in total. The van der Waals surface area contributed by atoms with Gasteiger partial charge in [0.05, 0.1) is 29.9 Å². The van der Waals surface area contributed by atoms with E-state index in [4.69, 9.17) is 23.7 Å². The number of nitrogens with one attached hydrogen (secondary N) is 1. The van der Waals surface area contributed by atoms with Crippen LogP contribution in [0.25, 0.3) is 6.08 Å². The number of carbonyl (C=O) groups excluding carboxylic acids is 4. The number of hydrogen-bond donors (Lipinski definition) is 2. The molecule has 3 saturated heterocycles. The zero-order chi connectivity index (χ0) is 40.0. The highest BCUT2D eigenvalue weighted by Crippen LogP contribution is 2.59. The zero-order valence-corrected chi connectivity index (χ0v) is 33.8. The number of rotatable bonds is 10. The van der Waals surface area contributed by atoms with Gasteiger partial charge in [0.25, 0.3) is 0 Å². The van der Waals surface area contributed by atoms with Gasteiger partial charge >= 0.3 is 11.9 Å². The number of esters is 2. The van der Waals surface area contributed by atoms with Crippen LogP contribution in [0.5, 0.6) is 0 Å². The third-order valence-electron chi connectivity index (χ3n) is 12.9. The summed E-state index contributed by atoms with van der Waals surface area (Å²) in [4.78, 5) is 54.8. The standard InChI is InChI=1S/C44H60N2O10/c1-42(2,3)56-37(48)16-14-30(24-47)45-39(49)33-8-7-19-46(33)40(50)29-21-34-38(53-25-52-34)35(22-29)54-41(51)27-11-9-26(10-12-27)20-28-13-15-36-44(6,55-36)18-17-32-31(28)23-43(32,4)5/h9-12,20-21,30-36,38,47H,7-8,13-19,22-25H2,1-6H3,(H,45,49)/t30-,31+,32+,33+,34+,35+,36?,38+,44+/m0/s1. The van der Waals surface area contributed by atoms with Crippen LogP contribution in [0.4, 0.5) is 0 Å². The number of aliphatic hydroxyl groups excluding tert-OH is 1. The third kappa shape index (κ3) is 8.93. The number of aliphatic hydroxyl groups is 1. The Hall–Kier alpha value is -3.58. The number of amides is 2. The van der Waals surface area contributed by atoms with Crippen molar-refractivity contribution >= 4 is 29.8 Å². The van der Waals surface area contributed by atoms with Gasteiger partial charge in [-0.25, -0.2) is 4.79 Å². The summed E-state index contributed by atoms with van der Waals surface area (Å²) in [5.74, 6) is -0.426. The Labute approximate surface area is 330 Å². The molecule has 3 heterocycles. The van der Waals surface area contributed by atoms with E-state index in [1.807, 2.05) is 12.1 Å². The minimum Gasteiger partial charge on any atom is -0.460 e. The van der Waals surface area contributed by atoms with E-state index in [1.165, 1.54) is 23.3 Å². The molecule has 5 fully saturated rings. The quantitative estimate of drug-likeness (QED) is 0.225. The maximum Gasteiger partial charge on any atom is 0.338 e. The Balaban J connectivity index is 0.973. The lowest BCUT2D eigenvalue weighted by Crippen LogP contribution is -2.51. The van der Waals surface area contributed by atoms with Gasteiger partial charge in [-0.3, -0.25) is 14.4 Å². The minimum atomic E-state index is -0.768. The van der Waals surface area contributed by atoms with E-state index in [1.54, 1.807) is 39.0 Å². The lowest BCUT2D eigenvalue weighted by atomic mass is 9.52. The van der Waals surface area contributed by atoms with Crippen LogP contribution >= 0.6 is 0 Å². The van der Waals surface area contributed by atoms with Gasteiger partial charge < -0.3 is 39.0 Å². The average molecular weight is 777 g/mol. The Morgan fingerprint density at radius 3 is 2.55 bits per heavy atom. The Bertz CT molecular complexity index is 1730. The fourth-order valence-corrected chi connectivity index (χ4v) is 9.71. The first kappa shape index (κ1) is 40.6. The number of carbonyl (C=O) groups is 4. The molecule has 1 unspecified atom stereocenters. The number of epoxide rings is 1. The van der Waals surface area contributed by atoms with Gasteiger partial charge in [0.2, 0.25) is 11.8 Å². The van der Waals surface area contributed by atoms with Crippen molar-refractivity contribution in [1.82, 2.24) is 10.2 Å². The van der Waals surface area contributed by atoms with E-state index in [9.17, 15) is 24.3 Å². The van der Waals surface area contributed by atoms with Crippen LogP contribution in [-0.2, 0) is 38.1 Å². The van der Waals surface area contributed by atoms with Gasteiger partial charge in [-0.2, -0.15) is 0 Å². The summed E-state index contributed by atoms with van der Waals surface area (Å²) in [6.07, 6.45) is 9.45. The van der Waals surface area contributed by atoms with Gasteiger partial charge in [-0.1, -0.05) is 37.6 Å². The molecule has 0 spiro atoms. The van der Waals surface area contributed by atoms with Crippen molar-refractivity contribution in [3.63, 3.8) is 0 Å². The van der Waals surface area contributed by atoms with Crippen LogP contribution in [0, 0.1) is 17.3 Å². The van der Waals surface area contributed by atoms with Gasteiger partial charge in [-0.05, 0) is 120 Å². The molecule has 2 N–H and O–H groups in total. The van der Waals surface area contributed by atoms with Crippen molar-refractivity contribution in [2.24, 2.45) is 17.3 Å². The minimum absolute atomic E-state index is 0.0104. The van der Waals surface area contributed by atoms with Crippen LogP contribution in [0.2, 0.25) is 0 Å². The summed E-state index contributed by atoms with van der Waals surface area (Å²) in [6.45, 7) is 12.4. The van der Waals surface area contributed by atoms with Crippen LogP contribution in [-0.4, -0.2) is 101 Å². The first-order valence-corrected chi connectivity index (χ1v) is 20.6. The average Bonchev–Trinajstić information content (AvgIpc) is 3.49. The van der Waals surface area contributed by atoms with E-state index in [-0.39, 0.29) is 44.2 Å². The summed E-state index contributed by atoms with van der Waals surface area (Å²) in [6, 6.07) is 6.11. The second-order valence-corrected chi connectivity index (χ2v) is 18.6. The first-order valence-electron chi connectivity index (χ1n) is 20.6. The summed E-state index contributed by atoms with van der Waals surface area (Å²) in [5.41, 5.74) is 3.06. The Morgan fingerprint density at radius 1 is 1.07 bits per heavy atom. The summed E-state index contributed by atoms with van der Waals surface area (Å²) >= 11 is 0. The number of allylic oxidation sites excluding steroid dienone is 1. The number of hydrogen-bond acceptors (Lipinski definition) is 10. The topological polar surface area (TPSA) is 153 Å². The number of nitrogens with zero attached hydrogens (tertiary/aromatic N) is 1. The summed E-state index contributed by atoms with van der Waals surface area (Å²) in [7, 11) is 0. The molecule has 2 amide bonds. The molecule has 0 aromatic heterocycles. The molecule has 0 radical (unpaired) electrons. The molecule has 0 bridgehead atoms. The highest BCUT2D eigenvalue weighted by atomic mass is 16.7. The van der Waals surface area contributed by atoms with Crippen LogP contribution in [0.3, 0.4) is 0 Å². The summed E-state index contributed by atoms with van der Waals surface area (Å²) in [5, 5.41) is 12.8. The molecular formula is C44H60N2O10. The second-order valence-electron chi connectivity index (χ2n) is 18.6. The monoisotopic (exact) mass is 776 g/mol. The van der Waals surface area contributed by atoms with Crippen LogP contribution in [0.15, 0.2) is 41.5 Å². The van der Waals surface area contributed by atoms with Gasteiger partial charge in [-0.15, -0.1) is 0 Å². The highest BCUT2D eigenvalue weighted by molar-refractivity contribution is 5.98. The number of ether oxygens (including phenoxy) is 5. The Morgan fingerprint density at radius 2 is 1.84 bits per heavy atom. The van der Waals surface area contributed by atoms with Crippen molar-refractivity contribution in [2.45, 2.75) is 153 Å². The molecule has 3 aliphatic carbocycles. The smallest absolute Gasteiger partial charge is 0.338 e. The van der Waals surface area contributed by atoms with Gasteiger partial charge in [0.1, 0.15) is 36.7 Å². The zero-order valence-electron chi connectivity index (χ0n) is 33.8. The maximum atomic E-state index is 14.0. The van der Waals surface area contributed by atoms with Crippen LogP contribution < -0.4 is 5.32 Å². The number of benzene rings is 1. The van der Waals surface area contributed by atoms with Gasteiger partial charge in [0.15, 0.2) is 0 Å². The number of likely N-dealkylation sites (tertiary alicyclic amines) is 1. The molecular weight excluding hydrogens is 716 g/mol. The summed E-state index contributed by atoms with van der Waals surface area (Å²) < 4.78 is 29.1. The third-order valence-corrected chi connectivity index (χ3v) is 12.9. The molecule has 9 atom stereocenters. The van der Waals surface area contributed by atoms with Crippen molar-refractivity contribution in [1.29, 1.82) is 0 Å². The van der Waals surface area contributed by atoms with E-state index in [0.717, 1.165) is 24.8 Å². The second kappa shape index (κ2) is 16.0. The van der Waals surface area contributed by atoms with Crippen molar-refractivity contribution < 1.29 is 48.0 Å². The fraction of sp³-hybridized carbons (Fsp3) is 0.682. The highest BCUT2D eigenvalue weighted by Gasteiger charge is 2.56. The van der Waals surface area contributed by atoms with Crippen molar-refractivity contribution in [2.75, 3.05) is 19.9 Å². The SMILES string of the molecule is CC(C)(C)OC(=O)CC[C@@H](CO)NC(=O)[C@H]1CCCN1C(=O)C1=C[C@H]2OCO[C@H]2[C@H](OC(=O)c2ccc(C=C3CCC4O[C@]4(C)CC[C@@H]4[C@@H]3CC4(C)C)cc2)C1. The van der Waals surface area contributed by atoms with E-state index >= 15 is 0 Å². The number of fused-ring (bicyclic) bond motifs is 3. The first-order chi connectivity index (χ1) is 26.5. The van der Waals surface area contributed by atoms with Crippen molar-refractivity contribution in [3.05, 3.63) is 52.6 Å². The maximum absolute atomic E-state index is 14.0. The predicted octanol–water partition coefficient (Wildman–Crippen LogP) is 5.65. The normalized spacial score (nSPS) is 33.3. The van der Waals surface area contributed by atoms with E-state index in [0.29, 0.717) is 53.9 Å². The molecule has 1 aromatic carbocycles. The van der Waals surface area contributed by atoms with Gasteiger partial charge in [0, 0.05) is 25.0 Å². The molecule has 1 aromatic rings. The predicted molar refractivity (Wildman–Crippen MR) is 207 cm³/mol. The molecule has 7 rings (SSSR count). The largest absolute Gasteiger partial charge is 0.460 e. The lowest BCUT2D eigenvalue weighted by Gasteiger charge is -2.53. The molecule has 6 aliphatic rings. The lowest BCUT2D eigenvalue weighted by molar-refractivity contribution is -0.155. The van der Waals surface area contributed by atoms with E-state index < -0.39 is 53.8 Å². The van der Waals surface area contributed by atoms with Crippen LogP contribution in [0.1, 0.15) is 122 Å². The molecule has 3 aliphatic heterocycles.